The van der Waals surface area contributed by atoms with Crippen LogP contribution in [0.4, 0.5) is 13.2 Å². The van der Waals surface area contributed by atoms with E-state index in [1.54, 1.807) is 4.31 Å². The first kappa shape index (κ1) is 19.9. The Labute approximate surface area is 164 Å². The SMILES string of the molecule is Cc1nc(C(F)(F)F)ccc1[S+]([O-])N1CC2(C1)CN(C1(C#N)CCOCC1)C2. The van der Waals surface area contributed by atoms with Crippen LogP contribution in [0.25, 0.3) is 0 Å². The minimum absolute atomic E-state index is 0.0189. The number of halogens is 3. The maximum absolute atomic E-state index is 12.8. The molecular formula is C18H21F3N4O2S. The predicted molar refractivity (Wildman–Crippen MR) is 94.4 cm³/mol. The number of nitriles is 1. The average molecular weight is 414 g/mol. The Bertz CT molecular complexity index is 793. The molecule has 0 amide bonds. The second kappa shape index (κ2) is 6.85. The lowest BCUT2D eigenvalue weighted by atomic mass is 9.70. The van der Waals surface area contributed by atoms with E-state index in [-0.39, 0.29) is 11.1 Å². The third-order valence-corrected chi connectivity index (χ3v) is 7.49. The van der Waals surface area contributed by atoms with Gasteiger partial charge in [-0.1, -0.05) is 0 Å². The second-order valence-electron chi connectivity index (χ2n) is 7.94. The fraction of sp³-hybridized carbons (Fsp3) is 0.667. The Morgan fingerprint density at radius 2 is 1.86 bits per heavy atom. The zero-order valence-corrected chi connectivity index (χ0v) is 16.3. The zero-order valence-electron chi connectivity index (χ0n) is 15.5. The second-order valence-corrected chi connectivity index (χ2v) is 9.39. The molecule has 28 heavy (non-hydrogen) atoms. The quantitative estimate of drug-likeness (QED) is 0.706. The molecule has 1 aromatic rings. The van der Waals surface area contributed by atoms with Crippen molar-refractivity contribution in [2.75, 3.05) is 39.4 Å². The van der Waals surface area contributed by atoms with Crippen molar-refractivity contribution in [3.63, 3.8) is 0 Å². The Morgan fingerprint density at radius 3 is 2.39 bits per heavy atom. The van der Waals surface area contributed by atoms with Crippen LogP contribution >= 0.6 is 0 Å². The van der Waals surface area contributed by atoms with E-state index in [4.69, 9.17) is 4.74 Å². The summed E-state index contributed by atoms with van der Waals surface area (Å²) in [7, 11) is 0. The van der Waals surface area contributed by atoms with Crippen LogP contribution < -0.4 is 0 Å². The van der Waals surface area contributed by atoms with Gasteiger partial charge in [0.1, 0.15) is 11.2 Å². The van der Waals surface area contributed by atoms with Gasteiger partial charge in [0.2, 0.25) is 0 Å². The van der Waals surface area contributed by atoms with E-state index in [1.165, 1.54) is 13.0 Å². The summed E-state index contributed by atoms with van der Waals surface area (Å²) in [5, 5.41) is 9.64. The molecule has 0 saturated carbocycles. The molecule has 10 heteroatoms. The molecule has 4 heterocycles. The molecule has 0 aromatic carbocycles. The molecule has 3 fully saturated rings. The highest BCUT2D eigenvalue weighted by Gasteiger charge is 2.60. The van der Waals surface area contributed by atoms with Crippen molar-refractivity contribution in [1.29, 1.82) is 5.26 Å². The van der Waals surface area contributed by atoms with Gasteiger partial charge in [-0.25, -0.2) is 4.98 Å². The Kier molecular flexibility index (Phi) is 4.87. The standard InChI is InChI=1S/C18H21F3N4O2S/c1-13-14(2-3-15(23-13)18(19,20)21)28(26)25-11-16(12-25)9-24(10-16)17(8-22)4-6-27-7-5-17/h2-3H,4-7,9-12H2,1H3. The summed E-state index contributed by atoms with van der Waals surface area (Å²) in [4.78, 5) is 6.08. The molecule has 4 rings (SSSR count). The normalized spacial score (nSPS) is 25.6. The highest BCUT2D eigenvalue weighted by atomic mass is 32.2. The van der Waals surface area contributed by atoms with Gasteiger partial charge in [0.05, 0.1) is 36.2 Å². The molecule has 3 saturated heterocycles. The van der Waals surface area contributed by atoms with E-state index < -0.39 is 28.8 Å². The van der Waals surface area contributed by atoms with Crippen LogP contribution in [0.1, 0.15) is 24.2 Å². The van der Waals surface area contributed by atoms with Crippen molar-refractivity contribution in [3.05, 3.63) is 23.5 Å². The summed E-state index contributed by atoms with van der Waals surface area (Å²) < 4.78 is 58.2. The lowest BCUT2D eigenvalue weighted by Gasteiger charge is -2.62. The van der Waals surface area contributed by atoms with Gasteiger partial charge in [-0.05, 0) is 19.1 Å². The van der Waals surface area contributed by atoms with Gasteiger partial charge in [-0.2, -0.15) is 18.4 Å². The molecule has 3 aliphatic heterocycles. The third-order valence-electron chi connectivity index (χ3n) is 5.96. The Hall–Kier alpha value is -1.38. The smallest absolute Gasteiger partial charge is 0.433 e. The van der Waals surface area contributed by atoms with Crippen LogP contribution in [-0.4, -0.2) is 63.7 Å². The van der Waals surface area contributed by atoms with Crippen LogP contribution in [0.2, 0.25) is 0 Å². The first-order valence-corrected chi connectivity index (χ1v) is 10.2. The van der Waals surface area contributed by atoms with Gasteiger partial charge in [0.25, 0.3) is 0 Å². The predicted octanol–water partition coefficient (Wildman–Crippen LogP) is 2.12. The summed E-state index contributed by atoms with van der Waals surface area (Å²) in [5.74, 6) is 0. The van der Waals surface area contributed by atoms with Gasteiger partial charge in [0.15, 0.2) is 4.90 Å². The minimum Gasteiger partial charge on any atom is -0.593 e. The molecule has 152 valence electrons. The molecule has 0 N–H and O–H groups in total. The van der Waals surface area contributed by atoms with Crippen LogP contribution in [-0.2, 0) is 22.3 Å². The highest BCUT2D eigenvalue weighted by Crippen LogP contribution is 2.47. The molecule has 0 bridgehead atoms. The van der Waals surface area contributed by atoms with E-state index in [0.717, 1.165) is 19.2 Å². The molecule has 6 nitrogen and oxygen atoms in total. The number of nitrogens with zero attached hydrogens (tertiary/aromatic N) is 4. The molecule has 0 radical (unpaired) electrons. The first-order valence-electron chi connectivity index (χ1n) is 9.14. The molecule has 1 unspecified atom stereocenters. The summed E-state index contributed by atoms with van der Waals surface area (Å²) in [6, 6.07) is 4.60. The number of aryl methyl sites for hydroxylation is 1. The Morgan fingerprint density at radius 1 is 1.21 bits per heavy atom. The number of ether oxygens (including phenoxy) is 1. The maximum Gasteiger partial charge on any atom is 0.433 e. The number of hydrogen-bond donors (Lipinski definition) is 0. The van der Waals surface area contributed by atoms with Gasteiger partial charge in [-0.3, -0.25) is 4.90 Å². The summed E-state index contributed by atoms with van der Waals surface area (Å²) in [6.07, 6.45) is -3.11. The largest absolute Gasteiger partial charge is 0.593 e. The van der Waals surface area contributed by atoms with E-state index in [0.29, 0.717) is 44.0 Å². The van der Waals surface area contributed by atoms with E-state index in [1.807, 2.05) is 0 Å². The number of hydrogen-bond acceptors (Lipinski definition) is 6. The monoisotopic (exact) mass is 414 g/mol. The third kappa shape index (κ3) is 3.29. The number of pyridine rings is 1. The highest BCUT2D eigenvalue weighted by molar-refractivity contribution is 7.89. The topological polar surface area (TPSA) is 75.5 Å². The maximum atomic E-state index is 12.8. The number of rotatable bonds is 3. The van der Waals surface area contributed by atoms with Gasteiger partial charge in [0, 0.05) is 44.6 Å². The molecule has 1 spiro atoms. The van der Waals surface area contributed by atoms with Crippen LogP contribution in [0.5, 0.6) is 0 Å². The lowest BCUT2D eigenvalue weighted by Crippen LogP contribution is -2.76. The Balaban J connectivity index is 1.37. The number of likely N-dealkylation sites (tertiary alicyclic amines) is 1. The van der Waals surface area contributed by atoms with E-state index in [9.17, 15) is 23.0 Å². The summed E-state index contributed by atoms with van der Waals surface area (Å²) in [5.41, 5.74) is -1.28. The van der Waals surface area contributed by atoms with Crippen LogP contribution in [0.15, 0.2) is 17.0 Å². The average Bonchev–Trinajstić information content (AvgIpc) is 2.59. The fourth-order valence-corrected chi connectivity index (χ4v) is 5.87. The van der Waals surface area contributed by atoms with Crippen molar-refractivity contribution < 1.29 is 22.5 Å². The molecule has 0 aliphatic carbocycles. The summed E-state index contributed by atoms with van der Waals surface area (Å²) >= 11 is -1.53. The summed E-state index contributed by atoms with van der Waals surface area (Å²) in [6.45, 7) is 5.39. The van der Waals surface area contributed by atoms with Crippen molar-refractivity contribution in [2.24, 2.45) is 5.41 Å². The minimum atomic E-state index is -4.51. The van der Waals surface area contributed by atoms with Crippen molar-refractivity contribution in [3.8, 4) is 6.07 Å². The lowest BCUT2D eigenvalue weighted by molar-refractivity contribution is -0.141. The zero-order chi connectivity index (χ0) is 20.2. The molecule has 1 atom stereocenters. The number of aromatic nitrogens is 1. The van der Waals surface area contributed by atoms with Crippen molar-refractivity contribution >= 4 is 11.4 Å². The van der Waals surface area contributed by atoms with Crippen LogP contribution in [0.3, 0.4) is 0 Å². The van der Waals surface area contributed by atoms with Gasteiger partial charge >= 0.3 is 6.18 Å². The first-order chi connectivity index (χ1) is 13.2. The van der Waals surface area contributed by atoms with E-state index >= 15 is 0 Å². The van der Waals surface area contributed by atoms with Crippen molar-refractivity contribution in [2.45, 2.75) is 36.4 Å². The molecular weight excluding hydrogens is 393 g/mol. The van der Waals surface area contributed by atoms with Crippen molar-refractivity contribution in [1.82, 2.24) is 14.2 Å². The number of alkyl halides is 3. The van der Waals surface area contributed by atoms with Crippen LogP contribution in [0, 0.1) is 23.7 Å². The van der Waals surface area contributed by atoms with Gasteiger partial charge in [-0.15, -0.1) is 4.31 Å². The van der Waals surface area contributed by atoms with E-state index in [2.05, 4.69) is 16.0 Å². The molecule has 3 aliphatic rings. The van der Waals surface area contributed by atoms with Gasteiger partial charge < -0.3 is 9.29 Å². The molecule has 1 aromatic heterocycles. The fourth-order valence-electron chi connectivity index (χ4n) is 4.32.